The van der Waals surface area contributed by atoms with Crippen LogP contribution in [0.25, 0.3) is 0 Å². The number of carbonyl (C=O) groups is 1. The zero-order chi connectivity index (χ0) is 12.9. The second-order valence-corrected chi connectivity index (χ2v) is 4.88. The second-order valence-electron chi connectivity index (χ2n) is 4.88. The Labute approximate surface area is 102 Å². The summed E-state index contributed by atoms with van der Waals surface area (Å²) in [5, 5.41) is 11.6. The van der Waals surface area contributed by atoms with E-state index in [4.69, 9.17) is 5.26 Å². The number of aryl methyl sites for hydroxylation is 1. The van der Waals surface area contributed by atoms with E-state index in [1.165, 1.54) is 0 Å². The molecular weight excluding hydrogens is 212 g/mol. The van der Waals surface area contributed by atoms with E-state index in [1.54, 1.807) is 13.8 Å². The molecule has 1 N–H and O–H groups in total. The minimum atomic E-state index is -0.513. The first-order chi connectivity index (χ1) is 7.94. The molecule has 0 aliphatic carbocycles. The maximum atomic E-state index is 11.7. The molecule has 3 nitrogen and oxygen atoms in total. The fourth-order valence-corrected chi connectivity index (χ4v) is 1.40. The summed E-state index contributed by atoms with van der Waals surface area (Å²) in [6.07, 6.45) is 0.369. The summed E-state index contributed by atoms with van der Waals surface area (Å²) >= 11 is 0. The normalized spacial score (nSPS) is 10.7. The third-order valence-electron chi connectivity index (χ3n) is 2.64. The minimum Gasteiger partial charge on any atom is -0.354 e. The van der Waals surface area contributed by atoms with Gasteiger partial charge in [-0.05, 0) is 31.9 Å². The average molecular weight is 230 g/mol. The molecule has 0 aliphatic rings. The SMILES string of the molecule is Cc1ccccc1CC(=O)NCC(C)(C)C#N. The third-order valence-corrected chi connectivity index (χ3v) is 2.64. The van der Waals surface area contributed by atoms with Gasteiger partial charge in [-0.25, -0.2) is 0 Å². The molecule has 0 bridgehead atoms. The Morgan fingerprint density at radius 1 is 1.41 bits per heavy atom. The van der Waals surface area contributed by atoms with Crippen molar-refractivity contribution in [1.82, 2.24) is 5.32 Å². The summed E-state index contributed by atoms with van der Waals surface area (Å²) in [4.78, 5) is 11.7. The van der Waals surface area contributed by atoms with Crippen molar-refractivity contribution in [3.05, 3.63) is 35.4 Å². The highest BCUT2D eigenvalue weighted by atomic mass is 16.1. The summed E-state index contributed by atoms with van der Waals surface area (Å²) < 4.78 is 0. The maximum absolute atomic E-state index is 11.7. The van der Waals surface area contributed by atoms with Crippen molar-refractivity contribution in [2.75, 3.05) is 6.54 Å². The van der Waals surface area contributed by atoms with Gasteiger partial charge in [0, 0.05) is 6.54 Å². The highest BCUT2D eigenvalue weighted by Gasteiger charge is 2.17. The molecule has 0 radical (unpaired) electrons. The monoisotopic (exact) mass is 230 g/mol. The van der Waals surface area contributed by atoms with E-state index in [1.807, 2.05) is 31.2 Å². The van der Waals surface area contributed by atoms with Gasteiger partial charge >= 0.3 is 0 Å². The Bertz CT molecular complexity index is 444. The molecule has 90 valence electrons. The zero-order valence-electron chi connectivity index (χ0n) is 10.6. The van der Waals surface area contributed by atoms with Gasteiger partial charge < -0.3 is 5.32 Å². The van der Waals surface area contributed by atoms with Gasteiger partial charge in [0.05, 0.1) is 17.9 Å². The summed E-state index contributed by atoms with van der Waals surface area (Å²) in [5.74, 6) is -0.0392. The van der Waals surface area contributed by atoms with Crippen LogP contribution in [0.15, 0.2) is 24.3 Å². The van der Waals surface area contributed by atoms with Gasteiger partial charge in [0.1, 0.15) is 0 Å². The number of hydrogen-bond acceptors (Lipinski definition) is 2. The van der Waals surface area contributed by atoms with Crippen LogP contribution in [-0.4, -0.2) is 12.5 Å². The van der Waals surface area contributed by atoms with Crippen molar-refractivity contribution in [1.29, 1.82) is 5.26 Å². The van der Waals surface area contributed by atoms with Crippen LogP contribution in [-0.2, 0) is 11.2 Å². The van der Waals surface area contributed by atoms with Crippen LogP contribution in [0.5, 0.6) is 0 Å². The van der Waals surface area contributed by atoms with Gasteiger partial charge in [0.2, 0.25) is 5.91 Å². The first kappa shape index (κ1) is 13.2. The lowest BCUT2D eigenvalue weighted by Gasteiger charge is -2.16. The van der Waals surface area contributed by atoms with Crippen LogP contribution in [0, 0.1) is 23.7 Å². The standard InChI is InChI=1S/C14H18N2O/c1-11-6-4-5-7-12(11)8-13(17)16-10-14(2,3)9-15/h4-7H,8,10H2,1-3H3,(H,16,17). The first-order valence-corrected chi connectivity index (χ1v) is 5.67. The van der Waals surface area contributed by atoms with E-state index >= 15 is 0 Å². The lowest BCUT2D eigenvalue weighted by molar-refractivity contribution is -0.120. The predicted molar refractivity (Wildman–Crippen MR) is 67.3 cm³/mol. The lowest BCUT2D eigenvalue weighted by Crippen LogP contribution is -2.34. The van der Waals surface area contributed by atoms with Crippen LogP contribution in [0.3, 0.4) is 0 Å². The van der Waals surface area contributed by atoms with Crippen LogP contribution in [0.2, 0.25) is 0 Å². The fraction of sp³-hybridized carbons (Fsp3) is 0.429. The minimum absolute atomic E-state index is 0.0392. The molecule has 17 heavy (non-hydrogen) atoms. The number of benzene rings is 1. The molecule has 0 aromatic heterocycles. The number of nitrogens with one attached hydrogen (secondary N) is 1. The van der Waals surface area contributed by atoms with Crippen LogP contribution in [0.4, 0.5) is 0 Å². The highest BCUT2D eigenvalue weighted by molar-refractivity contribution is 5.78. The van der Waals surface area contributed by atoms with E-state index < -0.39 is 5.41 Å². The third kappa shape index (κ3) is 4.28. The number of hydrogen-bond donors (Lipinski definition) is 1. The molecule has 1 amide bonds. The van der Waals surface area contributed by atoms with Crippen molar-refractivity contribution in [3.63, 3.8) is 0 Å². The van der Waals surface area contributed by atoms with Gasteiger partial charge in [0.15, 0.2) is 0 Å². The Balaban J connectivity index is 2.52. The van der Waals surface area contributed by atoms with Gasteiger partial charge in [-0.1, -0.05) is 24.3 Å². The molecule has 0 aliphatic heterocycles. The van der Waals surface area contributed by atoms with E-state index in [0.717, 1.165) is 11.1 Å². The summed E-state index contributed by atoms with van der Waals surface area (Å²) in [7, 11) is 0. The largest absolute Gasteiger partial charge is 0.354 e. The topological polar surface area (TPSA) is 52.9 Å². The average Bonchev–Trinajstić information content (AvgIpc) is 2.30. The molecule has 0 spiro atoms. The van der Waals surface area contributed by atoms with Crippen molar-refractivity contribution in [2.24, 2.45) is 5.41 Å². The van der Waals surface area contributed by atoms with E-state index in [9.17, 15) is 4.79 Å². The molecule has 1 rings (SSSR count). The number of amides is 1. The Morgan fingerprint density at radius 2 is 2.06 bits per heavy atom. The first-order valence-electron chi connectivity index (χ1n) is 5.67. The van der Waals surface area contributed by atoms with Crippen LogP contribution < -0.4 is 5.32 Å². The molecular formula is C14H18N2O. The number of rotatable bonds is 4. The van der Waals surface area contributed by atoms with Gasteiger partial charge in [-0.2, -0.15) is 5.26 Å². The quantitative estimate of drug-likeness (QED) is 0.862. The smallest absolute Gasteiger partial charge is 0.224 e. The van der Waals surface area contributed by atoms with Crippen LogP contribution in [0.1, 0.15) is 25.0 Å². The number of carbonyl (C=O) groups excluding carboxylic acids is 1. The van der Waals surface area contributed by atoms with Crippen molar-refractivity contribution in [2.45, 2.75) is 27.2 Å². The Kier molecular flexibility index (Phi) is 4.28. The molecule has 3 heteroatoms. The van der Waals surface area contributed by atoms with E-state index in [0.29, 0.717) is 13.0 Å². The summed E-state index contributed by atoms with van der Waals surface area (Å²) in [6, 6.07) is 9.97. The van der Waals surface area contributed by atoms with Gasteiger partial charge in [0.25, 0.3) is 0 Å². The Hall–Kier alpha value is -1.82. The number of nitriles is 1. The van der Waals surface area contributed by atoms with Crippen molar-refractivity contribution < 1.29 is 4.79 Å². The molecule has 1 aromatic carbocycles. The maximum Gasteiger partial charge on any atom is 0.224 e. The molecule has 0 saturated heterocycles. The van der Waals surface area contributed by atoms with E-state index in [2.05, 4.69) is 11.4 Å². The van der Waals surface area contributed by atoms with Crippen molar-refractivity contribution in [3.8, 4) is 6.07 Å². The molecule has 0 fully saturated rings. The highest BCUT2D eigenvalue weighted by Crippen LogP contribution is 2.11. The van der Waals surface area contributed by atoms with Gasteiger partial charge in [-0.3, -0.25) is 4.79 Å². The number of nitrogens with zero attached hydrogens (tertiary/aromatic N) is 1. The second kappa shape index (κ2) is 5.49. The lowest BCUT2D eigenvalue weighted by atomic mass is 9.96. The summed E-state index contributed by atoms with van der Waals surface area (Å²) in [5.41, 5.74) is 1.63. The summed E-state index contributed by atoms with van der Waals surface area (Å²) in [6.45, 7) is 5.98. The van der Waals surface area contributed by atoms with Crippen molar-refractivity contribution >= 4 is 5.91 Å². The molecule has 1 aromatic rings. The van der Waals surface area contributed by atoms with E-state index in [-0.39, 0.29) is 5.91 Å². The van der Waals surface area contributed by atoms with Crippen LogP contribution >= 0.6 is 0 Å². The molecule has 0 unspecified atom stereocenters. The molecule has 0 heterocycles. The molecule has 0 saturated carbocycles. The molecule has 0 atom stereocenters. The zero-order valence-corrected chi connectivity index (χ0v) is 10.6. The predicted octanol–water partition coefficient (Wildman–Crippen LogP) is 2.20. The van der Waals surface area contributed by atoms with Gasteiger partial charge in [-0.15, -0.1) is 0 Å². The fourth-order valence-electron chi connectivity index (χ4n) is 1.40. The Morgan fingerprint density at radius 3 is 2.65 bits per heavy atom.